The van der Waals surface area contributed by atoms with Crippen LogP contribution in [0.4, 0.5) is 0 Å². The second-order valence-electron chi connectivity index (χ2n) is 4.03. The van der Waals surface area contributed by atoms with Gasteiger partial charge in [-0.05, 0) is 19.8 Å². The largest absolute Gasteiger partial charge is 0.348 e. The van der Waals surface area contributed by atoms with E-state index >= 15 is 0 Å². The average Bonchev–Trinajstić information content (AvgIpc) is 2.79. The fourth-order valence-electron chi connectivity index (χ4n) is 1.63. The van der Waals surface area contributed by atoms with Crippen LogP contribution < -0.4 is 5.32 Å². The number of H-pyrrole nitrogens is 1. The molecule has 2 N–H and O–H groups in total. The molecule has 1 heterocycles. The predicted molar refractivity (Wildman–Crippen MR) is 73.5 cm³/mol. The Morgan fingerprint density at radius 2 is 2.28 bits per heavy atom. The van der Waals surface area contributed by atoms with Gasteiger partial charge in [0.1, 0.15) is 5.69 Å². The van der Waals surface area contributed by atoms with Crippen molar-refractivity contribution in [1.29, 1.82) is 0 Å². The van der Waals surface area contributed by atoms with Gasteiger partial charge in [0.2, 0.25) is 0 Å². The van der Waals surface area contributed by atoms with Crippen molar-refractivity contribution < 1.29 is 4.79 Å². The smallest absolute Gasteiger partial charge is 0.271 e. The zero-order valence-electron chi connectivity index (χ0n) is 11.3. The first-order chi connectivity index (χ1) is 8.69. The lowest BCUT2D eigenvalue weighted by Crippen LogP contribution is -2.24. The first kappa shape index (κ1) is 14.2. The van der Waals surface area contributed by atoms with Crippen LogP contribution in [0.3, 0.4) is 0 Å². The summed E-state index contributed by atoms with van der Waals surface area (Å²) in [7, 11) is 0. The van der Waals surface area contributed by atoms with Gasteiger partial charge in [-0.25, -0.2) is 4.98 Å². The van der Waals surface area contributed by atoms with Crippen molar-refractivity contribution in [1.82, 2.24) is 15.3 Å². The van der Waals surface area contributed by atoms with E-state index in [0.717, 1.165) is 18.5 Å². The van der Waals surface area contributed by atoms with Gasteiger partial charge in [0.05, 0.1) is 6.33 Å². The summed E-state index contributed by atoms with van der Waals surface area (Å²) < 4.78 is 0. The van der Waals surface area contributed by atoms with Gasteiger partial charge in [-0.2, -0.15) is 0 Å². The summed E-state index contributed by atoms with van der Waals surface area (Å²) in [5, 5.41) is 2.81. The molecule has 18 heavy (non-hydrogen) atoms. The Morgan fingerprint density at radius 3 is 2.83 bits per heavy atom. The monoisotopic (exact) mass is 247 g/mol. The van der Waals surface area contributed by atoms with E-state index in [-0.39, 0.29) is 5.91 Å². The lowest BCUT2D eigenvalue weighted by molar-refractivity contribution is 0.0953. The van der Waals surface area contributed by atoms with Crippen molar-refractivity contribution in [2.75, 3.05) is 6.54 Å². The molecule has 1 rings (SSSR count). The Morgan fingerprint density at radius 1 is 1.50 bits per heavy atom. The van der Waals surface area contributed by atoms with Crippen LogP contribution in [0, 0.1) is 6.92 Å². The summed E-state index contributed by atoms with van der Waals surface area (Å²) in [6.07, 6.45) is 9.78. The molecule has 1 aromatic rings. The Hall–Kier alpha value is -1.84. The molecule has 0 unspecified atom stereocenters. The van der Waals surface area contributed by atoms with E-state index in [1.807, 2.05) is 13.0 Å². The lowest BCUT2D eigenvalue weighted by atomic mass is 10.1. The first-order valence-electron chi connectivity index (χ1n) is 6.32. The van der Waals surface area contributed by atoms with Crippen LogP contribution in [0.15, 0.2) is 30.1 Å². The maximum Gasteiger partial charge on any atom is 0.271 e. The number of rotatable bonds is 6. The van der Waals surface area contributed by atoms with Crippen molar-refractivity contribution in [3.63, 3.8) is 0 Å². The van der Waals surface area contributed by atoms with Gasteiger partial charge in [-0.15, -0.1) is 0 Å². The highest BCUT2D eigenvalue weighted by Crippen LogP contribution is 2.03. The van der Waals surface area contributed by atoms with E-state index in [4.69, 9.17) is 0 Å². The normalized spacial score (nSPS) is 12.1. The van der Waals surface area contributed by atoms with Crippen LogP contribution in [-0.2, 0) is 0 Å². The molecule has 0 saturated carbocycles. The maximum absolute atomic E-state index is 11.7. The molecule has 0 aliphatic rings. The summed E-state index contributed by atoms with van der Waals surface area (Å²) >= 11 is 0. The highest BCUT2D eigenvalue weighted by molar-refractivity contribution is 5.93. The van der Waals surface area contributed by atoms with Crippen molar-refractivity contribution in [2.24, 2.45) is 0 Å². The predicted octanol–water partition coefficient (Wildman–Crippen LogP) is 2.75. The zero-order valence-corrected chi connectivity index (χ0v) is 11.3. The van der Waals surface area contributed by atoms with Crippen LogP contribution in [0.1, 0.15) is 42.9 Å². The van der Waals surface area contributed by atoms with Crippen LogP contribution in [0.2, 0.25) is 0 Å². The second-order valence-corrected chi connectivity index (χ2v) is 4.03. The Labute approximate surface area is 108 Å². The Balaban J connectivity index is 2.43. The lowest BCUT2D eigenvalue weighted by Gasteiger charge is -2.00. The van der Waals surface area contributed by atoms with Gasteiger partial charge >= 0.3 is 0 Å². The number of carbonyl (C=O) groups excluding carboxylic acids is 1. The molecular weight excluding hydrogens is 226 g/mol. The third-order valence-electron chi connectivity index (χ3n) is 2.63. The molecule has 0 bridgehead atoms. The molecule has 4 nitrogen and oxygen atoms in total. The molecule has 0 aromatic carbocycles. The first-order valence-corrected chi connectivity index (χ1v) is 6.32. The summed E-state index contributed by atoms with van der Waals surface area (Å²) in [5.41, 5.74) is 2.54. The fourth-order valence-corrected chi connectivity index (χ4v) is 1.63. The minimum absolute atomic E-state index is 0.143. The van der Waals surface area contributed by atoms with Crippen LogP contribution >= 0.6 is 0 Å². The van der Waals surface area contributed by atoms with E-state index in [9.17, 15) is 4.79 Å². The number of amides is 1. The number of carbonyl (C=O) groups is 1. The number of aromatic nitrogens is 2. The van der Waals surface area contributed by atoms with Crippen molar-refractivity contribution in [3.05, 3.63) is 41.5 Å². The Bertz CT molecular complexity index is 444. The number of nitrogens with one attached hydrogen (secondary N) is 2. The standard InChI is InChI=1S/C14H21N3O/c1-4-7-12(5-2)8-6-9-15-14(18)13-11(3)16-10-17-13/h6-8,10H,4-5,9H2,1-3H3,(H,15,18)(H,16,17)/b8-6-,12-7+. The number of imidazole rings is 1. The average molecular weight is 247 g/mol. The van der Waals surface area contributed by atoms with Crippen LogP contribution in [0.25, 0.3) is 0 Å². The van der Waals surface area contributed by atoms with Gasteiger partial charge in [0.15, 0.2) is 0 Å². The highest BCUT2D eigenvalue weighted by Gasteiger charge is 2.09. The molecule has 0 aliphatic heterocycles. The van der Waals surface area contributed by atoms with Crippen LogP contribution in [0.5, 0.6) is 0 Å². The quantitative estimate of drug-likeness (QED) is 0.759. The molecule has 0 spiro atoms. The molecule has 0 radical (unpaired) electrons. The summed E-state index contributed by atoms with van der Waals surface area (Å²) in [5.74, 6) is -0.143. The van der Waals surface area contributed by atoms with E-state index in [1.165, 1.54) is 11.9 Å². The minimum atomic E-state index is -0.143. The van der Waals surface area contributed by atoms with Gasteiger partial charge in [0.25, 0.3) is 5.91 Å². The maximum atomic E-state index is 11.7. The number of allylic oxidation sites excluding steroid dienone is 3. The van der Waals surface area contributed by atoms with Gasteiger partial charge in [0, 0.05) is 12.2 Å². The number of aromatic amines is 1. The summed E-state index contributed by atoms with van der Waals surface area (Å²) in [6, 6.07) is 0. The van der Waals surface area contributed by atoms with E-state index in [1.54, 1.807) is 0 Å². The number of hydrogen-bond acceptors (Lipinski definition) is 2. The number of nitrogens with zero attached hydrogens (tertiary/aromatic N) is 1. The third-order valence-corrected chi connectivity index (χ3v) is 2.63. The molecular formula is C14H21N3O. The van der Waals surface area contributed by atoms with E-state index in [0.29, 0.717) is 12.2 Å². The molecule has 0 atom stereocenters. The number of aryl methyl sites for hydroxylation is 1. The van der Waals surface area contributed by atoms with Crippen LogP contribution in [-0.4, -0.2) is 22.4 Å². The zero-order chi connectivity index (χ0) is 13.4. The van der Waals surface area contributed by atoms with Crippen molar-refractivity contribution >= 4 is 5.91 Å². The summed E-state index contributed by atoms with van der Waals surface area (Å²) in [4.78, 5) is 18.6. The second kappa shape index (κ2) is 7.48. The number of hydrogen-bond donors (Lipinski definition) is 2. The fraction of sp³-hybridized carbons (Fsp3) is 0.429. The van der Waals surface area contributed by atoms with Crippen molar-refractivity contribution in [3.8, 4) is 0 Å². The molecule has 1 amide bonds. The molecule has 98 valence electrons. The van der Waals surface area contributed by atoms with Crippen molar-refractivity contribution in [2.45, 2.75) is 33.6 Å². The Kier molecular flexibility index (Phi) is 5.91. The highest BCUT2D eigenvalue weighted by atomic mass is 16.1. The molecule has 1 aromatic heterocycles. The topological polar surface area (TPSA) is 57.8 Å². The SMILES string of the molecule is CC/C=C(/C=C\CNC(=O)c1nc[nH]c1C)CC. The molecule has 4 heteroatoms. The van der Waals surface area contributed by atoms with E-state index < -0.39 is 0 Å². The van der Waals surface area contributed by atoms with Gasteiger partial charge < -0.3 is 10.3 Å². The third kappa shape index (κ3) is 4.20. The molecule has 0 fully saturated rings. The molecule has 0 saturated heterocycles. The van der Waals surface area contributed by atoms with Gasteiger partial charge in [-0.1, -0.05) is 37.6 Å². The summed E-state index contributed by atoms with van der Waals surface area (Å²) in [6.45, 7) is 6.59. The minimum Gasteiger partial charge on any atom is -0.348 e. The molecule has 0 aliphatic carbocycles. The van der Waals surface area contributed by atoms with E-state index in [2.05, 4.69) is 41.3 Å². The van der Waals surface area contributed by atoms with Gasteiger partial charge in [-0.3, -0.25) is 4.79 Å².